The number of hydrogen-bond donors (Lipinski definition) is 2. The lowest BCUT2D eigenvalue weighted by atomic mass is 9.92. The normalized spacial score (nSPS) is 14.3. The van der Waals surface area contributed by atoms with Crippen LogP contribution in [0, 0.1) is 5.92 Å². The molecule has 2 aromatic carbocycles. The third kappa shape index (κ3) is 6.39. The lowest BCUT2D eigenvalue weighted by Gasteiger charge is -2.32. The Morgan fingerprint density at radius 3 is 2.45 bits per heavy atom. The van der Waals surface area contributed by atoms with E-state index < -0.39 is 0 Å². The zero-order valence-electron chi connectivity index (χ0n) is 16.5. The number of nitrogens with one attached hydrogen (secondary N) is 2. The van der Waals surface area contributed by atoms with Crippen LogP contribution < -0.4 is 15.4 Å². The summed E-state index contributed by atoms with van der Waals surface area (Å²) in [6.07, 6.45) is 3.08. The number of carbonyl (C=O) groups is 2. The fourth-order valence-corrected chi connectivity index (χ4v) is 3.64. The zero-order valence-corrected chi connectivity index (χ0v) is 17.2. The van der Waals surface area contributed by atoms with Crippen molar-refractivity contribution in [1.82, 2.24) is 4.90 Å². The highest BCUT2D eigenvalue weighted by Crippen LogP contribution is 2.24. The number of rotatable bonds is 6. The number of anilines is 2. The summed E-state index contributed by atoms with van der Waals surface area (Å²) in [6, 6.07) is 14.3. The molecule has 3 rings (SSSR count). The monoisotopic (exact) mass is 415 g/mol. The van der Waals surface area contributed by atoms with Crippen LogP contribution in [-0.2, 0) is 4.79 Å². The summed E-state index contributed by atoms with van der Waals surface area (Å²) >= 11 is 5.96. The minimum atomic E-state index is -0.110. The first-order chi connectivity index (χ1) is 14.0. The summed E-state index contributed by atoms with van der Waals surface area (Å²) in [4.78, 5) is 26.4. The van der Waals surface area contributed by atoms with E-state index in [1.807, 2.05) is 29.2 Å². The average molecular weight is 416 g/mol. The first kappa shape index (κ1) is 21.0. The van der Waals surface area contributed by atoms with Crippen molar-refractivity contribution < 1.29 is 14.3 Å². The van der Waals surface area contributed by atoms with E-state index in [-0.39, 0.29) is 11.9 Å². The first-order valence-electron chi connectivity index (χ1n) is 9.79. The second-order valence-corrected chi connectivity index (χ2v) is 7.63. The number of hydrogen-bond acceptors (Lipinski definition) is 3. The zero-order chi connectivity index (χ0) is 20.6. The van der Waals surface area contributed by atoms with Crippen molar-refractivity contribution in [1.29, 1.82) is 0 Å². The van der Waals surface area contributed by atoms with Gasteiger partial charge in [-0.15, -0.1) is 0 Å². The molecular weight excluding hydrogens is 390 g/mol. The third-order valence-corrected chi connectivity index (χ3v) is 5.35. The van der Waals surface area contributed by atoms with Crippen molar-refractivity contribution in [3.8, 4) is 5.75 Å². The van der Waals surface area contributed by atoms with Crippen LogP contribution in [0.1, 0.15) is 25.7 Å². The first-order valence-corrected chi connectivity index (χ1v) is 10.2. The highest BCUT2D eigenvalue weighted by molar-refractivity contribution is 6.30. The van der Waals surface area contributed by atoms with Crippen molar-refractivity contribution in [3.63, 3.8) is 0 Å². The molecule has 1 aliphatic heterocycles. The van der Waals surface area contributed by atoms with E-state index in [4.69, 9.17) is 16.3 Å². The van der Waals surface area contributed by atoms with Crippen molar-refractivity contribution in [2.75, 3.05) is 30.8 Å². The third-order valence-electron chi connectivity index (χ3n) is 5.11. The molecule has 2 aromatic rings. The van der Waals surface area contributed by atoms with Gasteiger partial charge in [-0.05, 0) is 55.5 Å². The lowest BCUT2D eigenvalue weighted by Crippen LogP contribution is -2.41. The summed E-state index contributed by atoms with van der Waals surface area (Å²) in [5.74, 6) is 1.16. The van der Waals surface area contributed by atoms with Gasteiger partial charge in [-0.2, -0.15) is 0 Å². The molecule has 1 fully saturated rings. The second kappa shape index (κ2) is 10.2. The highest BCUT2D eigenvalue weighted by Gasteiger charge is 2.23. The topological polar surface area (TPSA) is 70.7 Å². The number of halogens is 1. The molecule has 0 radical (unpaired) electrons. The molecule has 1 heterocycles. The predicted octanol–water partition coefficient (Wildman–Crippen LogP) is 5.01. The summed E-state index contributed by atoms with van der Waals surface area (Å²) in [5.41, 5.74) is 1.43. The molecule has 0 saturated carbocycles. The number of ether oxygens (including phenoxy) is 1. The van der Waals surface area contributed by atoms with Crippen molar-refractivity contribution in [3.05, 3.63) is 53.6 Å². The number of amides is 3. The number of urea groups is 1. The van der Waals surface area contributed by atoms with Crippen molar-refractivity contribution >= 4 is 34.9 Å². The van der Waals surface area contributed by atoms with Crippen LogP contribution in [0.25, 0.3) is 0 Å². The number of piperidine rings is 1. The van der Waals surface area contributed by atoms with Gasteiger partial charge in [-0.25, -0.2) is 4.79 Å². The maximum atomic E-state index is 12.4. The fraction of sp³-hybridized carbons (Fsp3) is 0.364. The van der Waals surface area contributed by atoms with Crippen LogP contribution in [0.5, 0.6) is 5.75 Å². The van der Waals surface area contributed by atoms with Crippen LogP contribution >= 0.6 is 11.6 Å². The summed E-state index contributed by atoms with van der Waals surface area (Å²) in [6.45, 7) is 1.38. The van der Waals surface area contributed by atoms with Crippen LogP contribution in [0.4, 0.5) is 16.2 Å². The Hall–Kier alpha value is -2.73. The Bertz CT molecular complexity index is 851. The Balaban J connectivity index is 1.39. The molecule has 1 saturated heterocycles. The second-order valence-electron chi connectivity index (χ2n) is 7.19. The molecule has 3 amide bonds. The molecule has 0 aromatic heterocycles. The van der Waals surface area contributed by atoms with Gasteiger partial charge in [0.1, 0.15) is 5.75 Å². The van der Waals surface area contributed by atoms with Crippen LogP contribution in [-0.4, -0.2) is 37.0 Å². The fourth-order valence-electron chi connectivity index (χ4n) is 3.45. The minimum absolute atomic E-state index is 0.000572. The minimum Gasteiger partial charge on any atom is -0.497 e. The molecule has 0 bridgehead atoms. The highest BCUT2D eigenvalue weighted by atomic mass is 35.5. The molecule has 1 aliphatic rings. The summed E-state index contributed by atoms with van der Waals surface area (Å²) < 4.78 is 5.17. The van der Waals surface area contributed by atoms with Gasteiger partial charge in [0.2, 0.25) is 5.91 Å². The molecule has 29 heavy (non-hydrogen) atoms. The maximum Gasteiger partial charge on any atom is 0.321 e. The smallest absolute Gasteiger partial charge is 0.321 e. The van der Waals surface area contributed by atoms with Gasteiger partial charge in [0.05, 0.1) is 7.11 Å². The number of likely N-dealkylation sites (tertiary alicyclic amines) is 1. The molecule has 6 nitrogen and oxygen atoms in total. The van der Waals surface area contributed by atoms with Gasteiger partial charge in [-0.1, -0.05) is 23.7 Å². The van der Waals surface area contributed by atoms with Crippen LogP contribution in [0.3, 0.4) is 0 Å². The SMILES string of the molecule is COc1cccc(NC(=O)CCC2CCN(C(=O)Nc3cccc(Cl)c3)CC2)c1. The molecule has 2 N–H and O–H groups in total. The number of nitrogens with zero attached hydrogens (tertiary/aromatic N) is 1. The van der Waals surface area contributed by atoms with E-state index in [2.05, 4.69) is 10.6 Å². The average Bonchev–Trinajstić information content (AvgIpc) is 2.73. The maximum absolute atomic E-state index is 12.4. The number of carbonyl (C=O) groups excluding carboxylic acids is 2. The standard InChI is InChI=1S/C22H26ClN3O3/c1-29-20-7-3-6-19(15-20)24-21(27)9-8-16-10-12-26(13-11-16)22(28)25-18-5-2-4-17(23)14-18/h2-7,14-16H,8-13H2,1H3,(H,24,27)(H,25,28). The van der Waals surface area contributed by atoms with E-state index in [0.29, 0.717) is 41.9 Å². The molecule has 7 heteroatoms. The Labute approximate surface area is 176 Å². The van der Waals surface area contributed by atoms with E-state index in [0.717, 1.165) is 24.9 Å². The van der Waals surface area contributed by atoms with Gasteiger partial charge < -0.3 is 20.3 Å². The predicted molar refractivity (Wildman–Crippen MR) is 116 cm³/mol. The summed E-state index contributed by atoms with van der Waals surface area (Å²) in [5, 5.41) is 6.38. The summed E-state index contributed by atoms with van der Waals surface area (Å²) in [7, 11) is 1.60. The molecule has 0 atom stereocenters. The van der Waals surface area contributed by atoms with Crippen molar-refractivity contribution in [2.45, 2.75) is 25.7 Å². The van der Waals surface area contributed by atoms with E-state index in [1.165, 1.54) is 0 Å². The number of benzene rings is 2. The molecule has 0 aliphatic carbocycles. The van der Waals surface area contributed by atoms with E-state index in [1.54, 1.807) is 31.4 Å². The molecular formula is C22H26ClN3O3. The van der Waals surface area contributed by atoms with Crippen LogP contribution in [0.15, 0.2) is 48.5 Å². The lowest BCUT2D eigenvalue weighted by molar-refractivity contribution is -0.116. The largest absolute Gasteiger partial charge is 0.497 e. The van der Waals surface area contributed by atoms with E-state index >= 15 is 0 Å². The Kier molecular flexibility index (Phi) is 7.36. The molecule has 0 spiro atoms. The quantitative estimate of drug-likeness (QED) is 0.696. The van der Waals surface area contributed by atoms with Gasteiger partial charge in [-0.3, -0.25) is 4.79 Å². The van der Waals surface area contributed by atoms with Gasteiger partial charge in [0.25, 0.3) is 0 Å². The number of methoxy groups -OCH3 is 1. The van der Waals surface area contributed by atoms with E-state index in [9.17, 15) is 9.59 Å². The Morgan fingerprint density at radius 1 is 1.07 bits per heavy atom. The van der Waals surface area contributed by atoms with Gasteiger partial charge in [0, 0.05) is 42.0 Å². The van der Waals surface area contributed by atoms with Crippen molar-refractivity contribution in [2.24, 2.45) is 5.92 Å². The van der Waals surface area contributed by atoms with Crippen LogP contribution in [0.2, 0.25) is 5.02 Å². The molecule has 0 unspecified atom stereocenters. The Morgan fingerprint density at radius 2 is 1.76 bits per heavy atom. The molecule has 154 valence electrons. The van der Waals surface area contributed by atoms with Gasteiger partial charge >= 0.3 is 6.03 Å². The van der Waals surface area contributed by atoms with Gasteiger partial charge in [0.15, 0.2) is 0 Å².